The third-order valence-electron chi connectivity index (χ3n) is 12.0. The Morgan fingerprint density at radius 2 is 1.05 bits per heavy atom. The number of carbonyl (C=O) groups excluding carboxylic acids is 8. The zero-order chi connectivity index (χ0) is 45.1. The smallest absolute Gasteiger partial charge is 0.246 e. The molecule has 336 valence electrons. The van der Waals surface area contributed by atoms with Crippen LogP contribution in [0.3, 0.4) is 0 Å². The Labute approximate surface area is 362 Å². The van der Waals surface area contributed by atoms with Crippen LogP contribution in [0.5, 0.6) is 0 Å². The topological polar surface area (TPSA) is 235 Å². The summed E-state index contributed by atoms with van der Waals surface area (Å²) in [5, 5.41) is 27.2. The van der Waals surface area contributed by atoms with E-state index in [1.165, 1.54) is 16.7 Å². The van der Waals surface area contributed by atoms with Crippen molar-refractivity contribution in [3.05, 3.63) is 71.8 Å². The number of nitrogens with zero attached hydrogens (tertiary/aromatic N) is 2. The molecular weight excluding hydrogens is 797 g/mol. The van der Waals surface area contributed by atoms with Crippen LogP contribution in [0.15, 0.2) is 60.7 Å². The van der Waals surface area contributed by atoms with Gasteiger partial charge in [0, 0.05) is 25.9 Å². The molecule has 2 aromatic carbocycles. The number of carbonyl (C=O) groups is 8. The number of benzene rings is 2. The zero-order valence-corrected chi connectivity index (χ0v) is 36.2. The van der Waals surface area contributed by atoms with Crippen LogP contribution in [0, 0.1) is 11.8 Å². The number of fused-ring (bicyclic) bond motifs is 2. The van der Waals surface area contributed by atoms with E-state index in [0.717, 1.165) is 5.56 Å². The predicted molar refractivity (Wildman–Crippen MR) is 228 cm³/mol. The molecule has 9 atom stereocenters. The van der Waals surface area contributed by atoms with Crippen LogP contribution in [0.4, 0.5) is 0 Å². The molecule has 7 N–H and O–H groups in total. The highest BCUT2D eigenvalue weighted by atomic mass is 16.3. The van der Waals surface area contributed by atoms with Gasteiger partial charge in [-0.3, -0.25) is 38.4 Å². The van der Waals surface area contributed by atoms with Crippen molar-refractivity contribution < 1.29 is 43.5 Å². The molecule has 3 aliphatic rings. The van der Waals surface area contributed by atoms with E-state index in [1.807, 2.05) is 13.0 Å². The minimum atomic E-state index is -1.55. The lowest BCUT2D eigenvalue weighted by molar-refractivity contribution is -0.144. The van der Waals surface area contributed by atoms with Crippen LogP contribution < -0.4 is 31.9 Å². The third-order valence-corrected chi connectivity index (χ3v) is 12.0. The van der Waals surface area contributed by atoms with Crippen molar-refractivity contribution in [2.24, 2.45) is 11.8 Å². The average Bonchev–Trinajstić information content (AvgIpc) is 3.96. The molecule has 3 heterocycles. The molecule has 62 heavy (non-hydrogen) atoms. The normalized spacial score (nSPS) is 27.4. The Morgan fingerprint density at radius 3 is 1.55 bits per heavy atom. The summed E-state index contributed by atoms with van der Waals surface area (Å²) in [5.74, 6) is -6.09. The Balaban J connectivity index is 1.52. The fourth-order valence-corrected chi connectivity index (χ4v) is 8.23. The molecule has 3 fully saturated rings. The minimum absolute atomic E-state index is 0.00117. The summed E-state index contributed by atoms with van der Waals surface area (Å²) in [4.78, 5) is 115. The summed E-state index contributed by atoms with van der Waals surface area (Å²) in [6.45, 7) is 8.31. The van der Waals surface area contributed by atoms with E-state index in [2.05, 4.69) is 31.9 Å². The number of hydrogen-bond donors (Lipinski definition) is 7. The number of amides is 8. The number of aliphatic hydroxyl groups is 1. The van der Waals surface area contributed by atoms with Crippen molar-refractivity contribution in [2.45, 2.75) is 128 Å². The minimum Gasteiger partial charge on any atom is -0.391 e. The first-order valence-electron chi connectivity index (χ1n) is 21.7. The summed E-state index contributed by atoms with van der Waals surface area (Å²) in [5.41, 5.74) is 1.41. The van der Waals surface area contributed by atoms with E-state index in [1.54, 1.807) is 75.4 Å². The van der Waals surface area contributed by atoms with Crippen LogP contribution in [0.25, 0.3) is 0 Å². The first-order chi connectivity index (χ1) is 29.6. The lowest BCUT2D eigenvalue weighted by Crippen LogP contribution is -2.63. The highest BCUT2D eigenvalue weighted by Crippen LogP contribution is 2.23. The van der Waals surface area contributed by atoms with Crippen LogP contribution in [0.1, 0.15) is 77.8 Å². The van der Waals surface area contributed by atoms with Gasteiger partial charge in [0.05, 0.1) is 12.6 Å². The third kappa shape index (κ3) is 12.0. The van der Waals surface area contributed by atoms with Gasteiger partial charge in [-0.15, -0.1) is 0 Å². The predicted octanol–water partition coefficient (Wildman–Crippen LogP) is 0.0905. The maximum absolute atomic E-state index is 14.4. The maximum atomic E-state index is 14.4. The van der Waals surface area contributed by atoms with Gasteiger partial charge in [0.2, 0.25) is 47.3 Å². The van der Waals surface area contributed by atoms with Crippen molar-refractivity contribution >= 4 is 47.3 Å². The van der Waals surface area contributed by atoms with Gasteiger partial charge < -0.3 is 46.8 Å². The number of rotatable bonds is 8. The van der Waals surface area contributed by atoms with Crippen LogP contribution in [-0.2, 0) is 51.2 Å². The van der Waals surface area contributed by atoms with E-state index < -0.39 is 114 Å². The van der Waals surface area contributed by atoms with Crippen molar-refractivity contribution in [3.8, 4) is 0 Å². The summed E-state index contributed by atoms with van der Waals surface area (Å²) >= 11 is 0. The first kappa shape index (κ1) is 47.2. The molecule has 0 radical (unpaired) electrons. The van der Waals surface area contributed by atoms with Gasteiger partial charge in [-0.2, -0.15) is 0 Å². The van der Waals surface area contributed by atoms with Gasteiger partial charge >= 0.3 is 0 Å². The van der Waals surface area contributed by atoms with Crippen molar-refractivity contribution in [2.75, 3.05) is 19.6 Å². The molecule has 17 heteroatoms. The fraction of sp³-hybridized carbons (Fsp3) is 0.556. The van der Waals surface area contributed by atoms with Crippen LogP contribution in [-0.4, -0.2) is 130 Å². The summed E-state index contributed by atoms with van der Waals surface area (Å²) in [6, 6.07) is 9.68. The Kier molecular flexibility index (Phi) is 16.6. The van der Waals surface area contributed by atoms with E-state index in [-0.39, 0.29) is 32.4 Å². The molecule has 5 rings (SSSR count). The zero-order valence-electron chi connectivity index (χ0n) is 36.2. The number of aliphatic hydroxyl groups excluding tert-OH is 1. The lowest BCUT2D eigenvalue weighted by Gasteiger charge is -2.33. The summed E-state index contributed by atoms with van der Waals surface area (Å²) in [7, 11) is 0. The monoisotopic (exact) mass is 858 g/mol. The van der Waals surface area contributed by atoms with Crippen molar-refractivity contribution in [1.29, 1.82) is 0 Å². The molecule has 3 aliphatic heterocycles. The maximum Gasteiger partial charge on any atom is 0.246 e. The Bertz CT molecular complexity index is 1930. The molecule has 0 bridgehead atoms. The van der Waals surface area contributed by atoms with E-state index in [9.17, 15) is 43.5 Å². The van der Waals surface area contributed by atoms with Crippen molar-refractivity contribution in [3.63, 3.8) is 0 Å². The molecular formula is C45H62N8O9. The second kappa shape index (κ2) is 21.8. The molecule has 3 saturated heterocycles. The second-order valence-electron chi connectivity index (χ2n) is 17.0. The molecule has 0 aliphatic carbocycles. The fourth-order valence-electron chi connectivity index (χ4n) is 8.23. The summed E-state index contributed by atoms with van der Waals surface area (Å²) in [6.07, 6.45) is 0.592. The highest BCUT2D eigenvalue weighted by molar-refractivity contribution is 5.99. The first-order valence-corrected chi connectivity index (χ1v) is 21.7. The number of hydrogen-bond acceptors (Lipinski definition) is 9. The van der Waals surface area contributed by atoms with Crippen LogP contribution in [0.2, 0.25) is 0 Å². The largest absolute Gasteiger partial charge is 0.391 e. The van der Waals surface area contributed by atoms with Gasteiger partial charge in [0.1, 0.15) is 42.3 Å². The summed E-state index contributed by atoms with van der Waals surface area (Å²) < 4.78 is 0. The van der Waals surface area contributed by atoms with Gasteiger partial charge in [0.15, 0.2) is 0 Å². The Hall–Kier alpha value is -5.84. The molecule has 0 aromatic heterocycles. The molecule has 8 amide bonds. The SMILES string of the molecule is CC[C@H](C)[C@@H]1NC(=O)[C@H]([C@@H](C)O)NC(=O)[C@H](Cc2ccccc2)NC(=O)[C@@H]2CCCN2C(=O)[C@H](C(C)C)NC(=O)[C@H](Cc2ccccc2)NC(=O)CNC(=O)[C@@H]2CCCN2C1=O. The average molecular weight is 859 g/mol. The van der Waals surface area contributed by atoms with E-state index in [4.69, 9.17) is 0 Å². The van der Waals surface area contributed by atoms with Gasteiger partial charge in [0.25, 0.3) is 0 Å². The highest BCUT2D eigenvalue weighted by Gasteiger charge is 2.43. The molecule has 0 saturated carbocycles. The molecule has 0 unspecified atom stereocenters. The van der Waals surface area contributed by atoms with Crippen LogP contribution >= 0.6 is 0 Å². The Morgan fingerprint density at radius 1 is 0.581 bits per heavy atom. The standard InChI is InChI=1S/C45H62N8O9/c1-6-27(4)37-45(62)52-21-13-19-33(52)41(58)46-25-35(55)47-31(23-29-15-9-7-10-16-29)39(56)49-36(26(2)3)44(61)53-22-14-20-34(53)42(59)48-32(24-30-17-11-8-12-18-30)40(57)51-38(28(5)54)43(60)50-37/h7-12,15-18,26-28,31-34,36-38,54H,6,13-14,19-25H2,1-5H3,(H,46,58)(H,47,55)(H,48,59)(H,49,56)(H,50,60)(H,51,57)/t27-,28+,31-,32-,33-,34-,36-,37-,38-/m0/s1. The van der Waals surface area contributed by atoms with E-state index >= 15 is 0 Å². The van der Waals surface area contributed by atoms with Crippen molar-refractivity contribution in [1.82, 2.24) is 41.7 Å². The number of nitrogens with one attached hydrogen (secondary N) is 6. The van der Waals surface area contributed by atoms with Gasteiger partial charge in [-0.1, -0.05) is 94.8 Å². The van der Waals surface area contributed by atoms with Gasteiger partial charge in [-0.25, -0.2) is 0 Å². The molecule has 0 spiro atoms. The lowest BCUT2D eigenvalue weighted by atomic mass is 9.96. The molecule has 17 nitrogen and oxygen atoms in total. The van der Waals surface area contributed by atoms with E-state index in [0.29, 0.717) is 31.2 Å². The molecule has 2 aromatic rings. The quantitative estimate of drug-likeness (QED) is 0.190. The van der Waals surface area contributed by atoms with Gasteiger partial charge in [-0.05, 0) is 55.6 Å². The second-order valence-corrected chi connectivity index (χ2v) is 17.0.